The van der Waals surface area contributed by atoms with Gasteiger partial charge in [0.05, 0.1) is 33.3 Å². The van der Waals surface area contributed by atoms with Gasteiger partial charge in [0.15, 0.2) is 6.54 Å². The Hall–Kier alpha value is -2.19. The number of benzene rings is 1. The summed E-state index contributed by atoms with van der Waals surface area (Å²) in [6.07, 6.45) is 7.14. The third kappa shape index (κ3) is 4.90. The van der Waals surface area contributed by atoms with Gasteiger partial charge in [-0.2, -0.15) is 0 Å². The van der Waals surface area contributed by atoms with E-state index in [9.17, 15) is 4.79 Å². The van der Waals surface area contributed by atoms with Crippen LogP contribution < -0.4 is 19.9 Å². The molecule has 0 unspecified atom stereocenters. The van der Waals surface area contributed by atoms with Gasteiger partial charge in [0.2, 0.25) is 0 Å². The lowest BCUT2D eigenvalue weighted by molar-refractivity contribution is -0.892. The normalized spacial score (nSPS) is 15.5. The number of quaternary nitrogens is 1. The predicted octanol–water partition coefficient (Wildman–Crippen LogP) is 0.708. The maximum absolute atomic E-state index is 12.4. The van der Waals surface area contributed by atoms with Crippen molar-refractivity contribution in [2.24, 2.45) is 0 Å². The molecule has 136 valence electrons. The van der Waals surface area contributed by atoms with Crippen molar-refractivity contribution in [1.29, 1.82) is 0 Å². The summed E-state index contributed by atoms with van der Waals surface area (Å²) in [5, 5.41) is 3.06. The van der Waals surface area contributed by atoms with Crippen LogP contribution in [0.3, 0.4) is 0 Å². The molecule has 1 fully saturated rings. The van der Waals surface area contributed by atoms with Crippen molar-refractivity contribution >= 4 is 11.6 Å². The summed E-state index contributed by atoms with van der Waals surface area (Å²) >= 11 is 0. The average Bonchev–Trinajstić information content (AvgIpc) is 2.67. The number of carbonyl (C=O) groups excluding carboxylic acids is 1. The number of amides is 1. The highest BCUT2D eigenvalue weighted by Crippen LogP contribution is 2.19. The fourth-order valence-electron chi connectivity index (χ4n) is 3.26. The van der Waals surface area contributed by atoms with Crippen LogP contribution in [0, 0.1) is 12.3 Å². The van der Waals surface area contributed by atoms with E-state index in [2.05, 4.69) is 28.3 Å². The largest absolute Gasteiger partial charge is 0.497 e. The van der Waals surface area contributed by atoms with Crippen LogP contribution in [0.25, 0.3) is 0 Å². The van der Waals surface area contributed by atoms with Crippen molar-refractivity contribution < 1.29 is 14.4 Å². The van der Waals surface area contributed by atoms with Crippen molar-refractivity contribution in [3.8, 4) is 18.1 Å². The van der Waals surface area contributed by atoms with Crippen molar-refractivity contribution in [3.63, 3.8) is 0 Å². The molecule has 5 heteroatoms. The van der Waals surface area contributed by atoms with Crippen LogP contribution in [0.15, 0.2) is 24.3 Å². The lowest BCUT2D eigenvalue weighted by Gasteiger charge is -2.34. The van der Waals surface area contributed by atoms with Crippen LogP contribution in [0.1, 0.15) is 26.7 Å². The number of piperazine rings is 1. The first-order chi connectivity index (χ1) is 12.1. The predicted molar refractivity (Wildman–Crippen MR) is 101 cm³/mol. The van der Waals surface area contributed by atoms with E-state index in [4.69, 9.17) is 11.2 Å². The maximum atomic E-state index is 12.4. The molecule has 0 bridgehead atoms. The van der Waals surface area contributed by atoms with E-state index in [1.54, 1.807) is 7.11 Å². The monoisotopic (exact) mass is 344 g/mol. The smallest absolute Gasteiger partial charge is 0.276 e. The first-order valence-electron chi connectivity index (χ1n) is 9.07. The minimum absolute atomic E-state index is 0.0505. The highest BCUT2D eigenvalue weighted by molar-refractivity contribution is 5.78. The van der Waals surface area contributed by atoms with E-state index in [1.165, 1.54) is 10.6 Å². The molecule has 0 saturated carbocycles. The number of rotatable bonds is 7. The molecule has 0 spiro atoms. The summed E-state index contributed by atoms with van der Waals surface area (Å²) < 4.78 is 5.20. The number of hydrogen-bond acceptors (Lipinski definition) is 3. The van der Waals surface area contributed by atoms with Gasteiger partial charge in [0, 0.05) is 5.69 Å². The highest BCUT2D eigenvalue weighted by atomic mass is 16.5. The Balaban J connectivity index is 1.83. The summed E-state index contributed by atoms with van der Waals surface area (Å²) in [5.74, 6) is 3.68. The number of carbonyl (C=O) groups is 1. The van der Waals surface area contributed by atoms with Crippen LogP contribution in [-0.4, -0.2) is 51.3 Å². The second kappa shape index (κ2) is 8.77. The first kappa shape index (κ1) is 19.1. The second-order valence-corrected chi connectivity index (χ2v) is 6.59. The van der Waals surface area contributed by atoms with Crippen LogP contribution in [0.4, 0.5) is 5.69 Å². The molecule has 1 saturated heterocycles. The summed E-state index contributed by atoms with van der Waals surface area (Å²) in [4.78, 5) is 16.0. The molecule has 0 aliphatic carbocycles. The van der Waals surface area contributed by atoms with Gasteiger partial charge in [-0.25, -0.2) is 0 Å². The summed E-state index contributed by atoms with van der Waals surface area (Å²) in [6, 6.07) is 8.13. The molecule has 2 rings (SSSR count). The van der Waals surface area contributed by atoms with Gasteiger partial charge in [-0.05, 0) is 37.1 Å². The van der Waals surface area contributed by atoms with Gasteiger partial charge in [-0.1, -0.05) is 19.8 Å². The topological polar surface area (TPSA) is 46.0 Å². The molecule has 0 atom stereocenters. The number of hydrogen-bond donors (Lipinski definition) is 2. The van der Waals surface area contributed by atoms with E-state index in [1.807, 2.05) is 26.0 Å². The Morgan fingerprint density at radius 3 is 2.36 bits per heavy atom. The molecule has 1 aromatic carbocycles. The molecule has 2 N–H and O–H groups in total. The van der Waals surface area contributed by atoms with Gasteiger partial charge in [-0.15, -0.1) is 6.42 Å². The van der Waals surface area contributed by atoms with E-state index < -0.39 is 5.54 Å². The zero-order valence-electron chi connectivity index (χ0n) is 15.6. The molecule has 1 aliphatic rings. The van der Waals surface area contributed by atoms with E-state index in [-0.39, 0.29) is 5.91 Å². The Labute approximate surface area is 151 Å². The van der Waals surface area contributed by atoms with Gasteiger partial charge in [0.1, 0.15) is 11.3 Å². The summed E-state index contributed by atoms with van der Waals surface area (Å²) in [5.41, 5.74) is 0.703. The summed E-state index contributed by atoms with van der Waals surface area (Å²) in [6.45, 7) is 8.29. The molecule has 1 heterocycles. The minimum atomic E-state index is -0.499. The van der Waals surface area contributed by atoms with Crippen molar-refractivity contribution in [3.05, 3.63) is 24.3 Å². The molecular weight excluding hydrogens is 314 g/mol. The maximum Gasteiger partial charge on any atom is 0.276 e. The zero-order chi connectivity index (χ0) is 18.3. The lowest BCUT2D eigenvalue weighted by atomic mass is 9.94. The number of anilines is 1. The van der Waals surface area contributed by atoms with Crippen LogP contribution >= 0.6 is 0 Å². The molecule has 5 nitrogen and oxygen atoms in total. The molecule has 1 aliphatic heterocycles. The van der Waals surface area contributed by atoms with Crippen LogP contribution in [0.5, 0.6) is 5.75 Å². The molecule has 0 aromatic heterocycles. The SMILES string of the molecule is C#CC(CC)(CC)NC(=O)C[NH+]1CCN(c2ccc(OC)cc2)CC1. The number of nitrogens with one attached hydrogen (secondary N) is 2. The molecular formula is C20H30N3O2+. The zero-order valence-corrected chi connectivity index (χ0v) is 15.6. The number of methoxy groups -OCH3 is 1. The fourth-order valence-corrected chi connectivity index (χ4v) is 3.26. The van der Waals surface area contributed by atoms with Crippen molar-refractivity contribution in [2.75, 3.05) is 44.7 Å². The third-order valence-electron chi connectivity index (χ3n) is 5.18. The Morgan fingerprint density at radius 2 is 1.88 bits per heavy atom. The van der Waals surface area contributed by atoms with Gasteiger partial charge >= 0.3 is 0 Å². The third-order valence-corrected chi connectivity index (χ3v) is 5.18. The number of nitrogens with zero attached hydrogens (tertiary/aromatic N) is 1. The first-order valence-corrected chi connectivity index (χ1v) is 9.07. The lowest BCUT2D eigenvalue weighted by Crippen LogP contribution is -3.16. The molecule has 25 heavy (non-hydrogen) atoms. The Kier molecular flexibility index (Phi) is 6.72. The van der Waals surface area contributed by atoms with Crippen LogP contribution in [-0.2, 0) is 4.79 Å². The second-order valence-electron chi connectivity index (χ2n) is 6.59. The van der Waals surface area contributed by atoms with E-state index in [0.29, 0.717) is 6.54 Å². The quantitative estimate of drug-likeness (QED) is 0.716. The van der Waals surface area contributed by atoms with E-state index in [0.717, 1.165) is 44.8 Å². The average molecular weight is 344 g/mol. The molecule has 1 amide bonds. The van der Waals surface area contributed by atoms with E-state index >= 15 is 0 Å². The fraction of sp³-hybridized carbons (Fsp3) is 0.550. The summed E-state index contributed by atoms with van der Waals surface area (Å²) in [7, 11) is 1.67. The van der Waals surface area contributed by atoms with Gasteiger partial charge in [0.25, 0.3) is 5.91 Å². The van der Waals surface area contributed by atoms with Gasteiger partial charge < -0.3 is 19.9 Å². The number of ether oxygens (including phenoxy) is 1. The van der Waals surface area contributed by atoms with Crippen molar-refractivity contribution in [1.82, 2.24) is 5.32 Å². The Bertz CT molecular complexity index is 594. The minimum Gasteiger partial charge on any atom is -0.497 e. The van der Waals surface area contributed by atoms with Crippen LogP contribution in [0.2, 0.25) is 0 Å². The number of terminal acetylenes is 1. The van der Waals surface area contributed by atoms with Gasteiger partial charge in [-0.3, -0.25) is 4.79 Å². The highest BCUT2D eigenvalue weighted by Gasteiger charge is 2.28. The molecule has 1 aromatic rings. The molecule has 0 radical (unpaired) electrons. The van der Waals surface area contributed by atoms with Crippen molar-refractivity contribution in [2.45, 2.75) is 32.2 Å². The standard InChI is InChI=1S/C20H29N3O2/c1-5-20(6-2,7-3)21-19(24)16-22-12-14-23(15-13-22)17-8-10-18(25-4)11-9-17/h1,8-11H,6-7,12-16H2,2-4H3,(H,21,24)/p+1. The Morgan fingerprint density at radius 1 is 1.28 bits per heavy atom.